The normalized spacial score (nSPS) is 16.0. The van der Waals surface area contributed by atoms with Crippen LogP contribution in [0.15, 0.2) is 23.5 Å². The monoisotopic (exact) mass is 94.0 g/mol. The molecule has 2 heteroatoms. The standard InChI is InChI=1S/C5H4NO/c1-2-6-3-5-7-4-1/h1-3,5H. The molecule has 0 atom stereocenters. The smallest absolute Gasteiger partial charge is 0.170 e. The third-order valence-electron chi connectivity index (χ3n) is 0.512. The molecule has 0 amide bonds. The van der Waals surface area contributed by atoms with Crippen molar-refractivity contribution >= 4 is 6.21 Å². The van der Waals surface area contributed by atoms with Crippen molar-refractivity contribution in [2.45, 2.75) is 0 Å². The zero-order valence-electron chi connectivity index (χ0n) is 3.66. The minimum absolute atomic E-state index is 1.46. The van der Waals surface area contributed by atoms with Crippen LogP contribution in [0.3, 0.4) is 0 Å². The molecule has 0 bridgehead atoms. The van der Waals surface area contributed by atoms with Gasteiger partial charge in [-0.3, -0.25) is 4.99 Å². The first-order valence-corrected chi connectivity index (χ1v) is 1.91. The second-order valence-corrected chi connectivity index (χ2v) is 0.986. The van der Waals surface area contributed by atoms with E-state index in [1.54, 1.807) is 18.5 Å². The van der Waals surface area contributed by atoms with Gasteiger partial charge in [0, 0.05) is 12.3 Å². The number of allylic oxidation sites excluding steroid dienone is 1. The highest BCUT2D eigenvalue weighted by Crippen LogP contribution is 1.82. The van der Waals surface area contributed by atoms with Crippen molar-refractivity contribution in [3.8, 4) is 0 Å². The van der Waals surface area contributed by atoms with Gasteiger partial charge in [-0.1, -0.05) is 0 Å². The van der Waals surface area contributed by atoms with Crippen molar-refractivity contribution in [1.82, 2.24) is 0 Å². The Labute approximate surface area is 41.8 Å². The summed E-state index contributed by atoms with van der Waals surface area (Å²) >= 11 is 0. The summed E-state index contributed by atoms with van der Waals surface area (Å²) < 4.78 is 4.58. The number of rotatable bonds is 0. The molecule has 0 aromatic carbocycles. The lowest BCUT2D eigenvalue weighted by Crippen LogP contribution is -1.60. The zero-order chi connectivity index (χ0) is 4.95. The maximum Gasteiger partial charge on any atom is 0.170 e. The molecule has 1 aliphatic rings. The van der Waals surface area contributed by atoms with Gasteiger partial charge in [0.15, 0.2) is 6.26 Å². The first-order chi connectivity index (χ1) is 3.50. The number of ether oxygens (including phenoxy) is 1. The summed E-state index contributed by atoms with van der Waals surface area (Å²) in [7, 11) is 0. The SMILES string of the molecule is [C]1=CC=NC=CO1. The lowest BCUT2D eigenvalue weighted by Gasteiger charge is -1.76. The van der Waals surface area contributed by atoms with Gasteiger partial charge in [0.25, 0.3) is 0 Å². The predicted octanol–water partition coefficient (Wildman–Crippen LogP) is 0.875. The largest absolute Gasteiger partial charge is 0.459 e. The van der Waals surface area contributed by atoms with E-state index in [1.165, 1.54) is 6.26 Å². The lowest BCUT2D eigenvalue weighted by atomic mass is 10.7. The van der Waals surface area contributed by atoms with E-state index in [4.69, 9.17) is 0 Å². The average Bonchev–Trinajstić information content (AvgIpc) is 1.90. The van der Waals surface area contributed by atoms with E-state index in [1.807, 2.05) is 0 Å². The third kappa shape index (κ3) is 1.22. The van der Waals surface area contributed by atoms with Crippen LogP contribution in [0, 0.1) is 6.26 Å². The van der Waals surface area contributed by atoms with Crippen LogP contribution in [-0.4, -0.2) is 6.21 Å². The summed E-state index contributed by atoms with van der Waals surface area (Å²) in [5, 5.41) is 0. The maximum absolute atomic E-state index is 4.58. The quantitative estimate of drug-likeness (QED) is 0.436. The molecule has 7 heavy (non-hydrogen) atoms. The van der Waals surface area contributed by atoms with Crippen LogP contribution in [0.4, 0.5) is 0 Å². The summed E-state index contributed by atoms with van der Waals surface area (Å²) in [4.78, 5) is 3.72. The van der Waals surface area contributed by atoms with Gasteiger partial charge in [-0.05, 0) is 0 Å². The summed E-state index contributed by atoms with van der Waals surface area (Å²) in [6.07, 6.45) is 8.69. The van der Waals surface area contributed by atoms with E-state index in [0.29, 0.717) is 0 Å². The Balaban J connectivity index is 2.60. The van der Waals surface area contributed by atoms with Crippen LogP contribution >= 0.6 is 0 Å². The van der Waals surface area contributed by atoms with Crippen molar-refractivity contribution in [1.29, 1.82) is 0 Å². The summed E-state index contributed by atoms with van der Waals surface area (Å²) in [6.45, 7) is 0. The molecule has 0 saturated carbocycles. The second-order valence-electron chi connectivity index (χ2n) is 0.986. The fourth-order valence-electron chi connectivity index (χ4n) is 0.267. The van der Waals surface area contributed by atoms with Crippen LogP contribution in [0.25, 0.3) is 0 Å². The zero-order valence-corrected chi connectivity index (χ0v) is 3.66. The summed E-state index contributed by atoms with van der Waals surface area (Å²) in [5.41, 5.74) is 0. The number of nitrogens with zero attached hydrogens (tertiary/aromatic N) is 1. The summed E-state index contributed by atoms with van der Waals surface area (Å²) in [6, 6.07) is 0. The van der Waals surface area contributed by atoms with Gasteiger partial charge in [0.2, 0.25) is 0 Å². The van der Waals surface area contributed by atoms with E-state index in [2.05, 4.69) is 16.0 Å². The van der Waals surface area contributed by atoms with Crippen LogP contribution in [0.2, 0.25) is 0 Å². The molecule has 0 spiro atoms. The van der Waals surface area contributed by atoms with Crippen molar-refractivity contribution in [3.05, 3.63) is 24.8 Å². The van der Waals surface area contributed by atoms with Gasteiger partial charge in [0.05, 0.1) is 6.20 Å². The molecular weight excluding hydrogens is 90.1 g/mol. The fraction of sp³-hybridized carbons (Fsp3) is 0. The van der Waals surface area contributed by atoms with Gasteiger partial charge >= 0.3 is 0 Å². The lowest BCUT2D eigenvalue weighted by molar-refractivity contribution is 0.376. The molecule has 0 N–H and O–H groups in total. The highest BCUT2D eigenvalue weighted by molar-refractivity contribution is 5.70. The Bertz CT molecular complexity index is 110. The summed E-state index contributed by atoms with van der Waals surface area (Å²) in [5.74, 6) is 0. The molecular formula is C5H4NO. The van der Waals surface area contributed by atoms with Gasteiger partial charge in [-0.2, -0.15) is 0 Å². The predicted molar refractivity (Wildman–Crippen MR) is 26.5 cm³/mol. The van der Waals surface area contributed by atoms with E-state index in [0.717, 1.165) is 0 Å². The van der Waals surface area contributed by atoms with Crippen LogP contribution in [0.1, 0.15) is 0 Å². The molecule has 1 aliphatic heterocycles. The molecule has 0 aromatic heterocycles. The van der Waals surface area contributed by atoms with E-state index in [9.17, 15) is 0 Å². The van der Waals surface area contributed by atoms with Crippen LogP contribution in [-0.2, 0) is 4.74 Å². The Morgan fingerprint density at radius 3 is 3.57 bits per heavy atom. The molecule has 0 aromatic rings. The maximum atomic E-state index is 4.58. The van der Waals surface area contributed by atoms with Gasteiger partial charge in [-0.25, -0.2) is 0 Å². The van der Waals surface area contributed by atoms with Crippen LogP contribution in [0.5, 0.6) is 0 Å². The first kappa shape index (κ1) is 4.12. The number of hydrogen-bond donors (Lipinski definition) is 0. The van der Waals surface area contributed by atoms with E-state index in [-0.39, 0.29) is 0 Å². The second kappa shape index (κ2) is 2.18. The molecule has 1 radical (unpaired) electrons. The Morgan fingerprint density at radius 2 is 2.57 bits per heavy atom. The average molecular weight is 94.1 g/mol. The topological polar surface area (TPSA) is 21.6 Å². The van der Waals surface area contributed by atoms with E-state index < -0.39 is 0 Å². The minimum atomic E-state index is 1.46. The number of aliphatic imine (C=N–C) groups is 1. The van der Waals surface area contributed by atoms with Gasteiger partial charge in [-0.15, -0.1) is 0 Å². The Morgan fingerprint density at radius 1 is 1.57 bits per heavy atom. The molecule has 1 heterocycles. The Hall–Kier alpha value is -1.05. The number of hydrogen-bond acceptors (Lipinski definition) is 2. The molecule has 0 unspecified atom stereocenters. The molecule has 1 rings (SSSR count). The first-order valence-electron chi connectivity index (χ1n) is 1.91. The highest BCUT2D eigenvalue weighted by Gasteiger charge is 1.71. The van der Waals surface area contributed by atoms with Crippen molar-refractivity contribution in [2.75, 3.05) is 0 Å². The van der Waals surface area contributed by atoms with E-state index >= 15 is 0 Å². The molecule has 2 nitrogen and oxygen atoms in total. The fourth-order valence-corrected chi connectivity index (χ4v) is 0.267. The van der Waals surface area contributed by atoms with Crippen molar-refractivity contribution in [2.24, 2.45) is 4.99 Å². The molecule has 35 valence electrons. The minimum Gasteiger partial charge on any atom is -0.459 e. The third-order valence-corrected chi connectivity index (χ3v) is 0.512. The Kier molecular flexibility index (Phi) is 1.28. The molecule has 0 aliphatic carbocycles. The van der Waals surface area contributed by atoms with Crippen molar-refractivity contribution < 1.29 is 4.74 Å². The van der Waals surface area contributed by atoms with Gasteiger partial charge in [0.1, 0.15) is 6.26 Å². The molecule has 0 fully saturated rings. The highest BCUT2D eigenvalue weighted by atomic mass is 16.5. The van der Waals surface area contributed by atoms with Crippen LogP contribution < -0.4 is 0 Å². The van der Waals surface area contributed by atoms with Gasteiger partial charge < -0.3 is 4.74 Å². The molecule has 0 saturated heterocycles. The van der Waals surface area contributed by atoms with Crippen molar-refractivity contribution in [3.63, 3.8) is 0 Å².